The first-order valence-corrected chi connectivity index (χ1v) is 11.6. The smallest absolute Gasteiger partial charge is 0.258 e. The highest BCUT2D eigenvalue weighted by molar-refractivity contribution is 14.1. The second kappa shape index (κ2) is 8.80. The molecule has 1 aliphatic rings. The number of nitrogens with zero attached hydrogens (tertiary/aromatic N) is 1. The topological polar surface area (TPSA) is 32.3 Å². The number of carbonyl (C=O) groups is 1. The fourth-order valence-corrected chi connectivity index (χ4v) is 4.83. The first-order valence-electron chi connectivity index (χ1n) is 10.5. The van der Waals surface area contributed by atoms with Crippen molar-refractivity contribution in [3.63, 3.8) is 0 Å². The summed E-state index contributed by atoms with van der Waals surface area (Å²) in [5.74, 6) is 0.340. The molecule has 1 heterocycles. The van der Waals surface area contributed by atoms with Gasteiger partial charge in [0.1, 0.15) is 0 Å². The summed E-state index contributed by atoms with van der Waals surface area (Å²) < 4.78 is 1.22. The molecule has 0 saturated heterocycles. The number of para-hydroxylation sites is 1. The van der Waals surface area contributed by atoms with Gasteiger partial charge in [0.25, 0.3) is 5.91 Å². The molecule has 3 atom stereocenters. The van der Waals surface area contributed by atoms with E-state index in [-0.39, 0.29) is 23.9 Å². The number of hydrogen-bond donors (Lipinski definition) is 1. The predicted molar refractivity (Wildman–Crippen MR) is 133 cm³/mol. The fraction of sp³-hybridized carbons (Fsp3) is 0.269. The third-order valence-corrected chi connectivity index (χ3v) is 6.82. The van der Waals surface area contributed by atoms with E-state index in [1.54, 1.807) is 0 Å². The van der Waals surface area contributed by atoms with Gasteiger partial charge in [0.05, 0.1) is 6.04 Å². The lowest BCUT2D eigenvalue weighted by Gasteiger charge is -2.45. The molecule has 4 rings (SSSR count). The molecule has 0 spiro atoms. The van der Waals surface area contributed by atoms with Crippen LogP contribution in [0.1, 0.15) is 47.8 Å². The molecule has 3 aromatic rings. The highest BCUT2D eigenvalue weighted by Gasteiger charge is 2.40. The monoisotopic (exact) mass is 510 g/mol. The van der Waals surface area contributed by atoms with Crippen molar-refractivity contribution >= 4 is 39.9 Å². The number of anilines is 2. The molecule has 1 N–H and O–H groups in total. The Morgan fingerprint density at radius 2 is 1.67 bits per heavy atom. The Hall–Kier alpha value is -2.34. The van der Waals surface area contributed by atoms with Gasteiger partial charge in [0.15, 0.2) is 0 Å². The van der Waals surface area contributed by atoms with Gasteiger partial charge in [-0.1, -0.05) is 49.7 Å². The minimum absolute atomic E-state index is 0.0777. The zero-order valence-corrected chi connectivity index (χ0v) is 19.8. The van der Waals surface area contributed by atoms with Crippen LogP contribution in [0.3, 0.4) is 0 Å². The summed E-state index contributed by atoms with van der Waals surface area (Å²) >= 11 is 2.33. The van der Waals surface area contributed by atoms with Gasteiger partial charge in [-0.2, -0.15) is 0 Å². The van der Waals surface area contributed by atoms with Gasteiger partial charge in [-0.3, -0.25) is 4.79 Å². The number of amides is 1. The Morgan fingerprint density at radius 3 is 2.33 bits per heavy atom. The minimum atomic E-state index is 0.0777. The number of halogens is 1. The van der Waals surface area contributed by atoms with E-state index in [1.807, 2.05) is 42.2 Å². The molecule has 154 valence electrons. The number of hydrogen-bond acceptors (Lipinski definition) is 2. The Labute approximate surface area is 192 Å². The maximum atomic E-state index is 13.6. The maximum Gasteiger partial charge on any atom is 0.258 e. The van der Waals surface area contributed by atoms with Crippen LogP contribution in [0.4, 0.5) is 11.4 Å². The quantitative estimate of drug-likeness (QED) is 0.391. The summed E-state index contributed by atoms with van der Waals surface area (Å²) in [6.45, 7) is 6.47. The summed E-state index contributed by atoms with van der Waals surface area (Å²) in [4.78, 5) is 15.6. The number of benzene rings is 3. The van der Waals surface area contributed by atoms with Crippen molar-refractivity contribution in [2.45, 2.75) is 39.3 Å². The van der Waals surface area contributed by atoms with Crippen LogP contribution < -0.4 is 10.2 Å². The largest absolute Gasteiger partial charge is 0.378 e. The number of nitrogens with one attached hydrogen (secondary N) is 1. The van der Waals surface area contributed by atoms with E-state index in [0.29, 0.717) is 0 Å². The Bertz CT molecular complexity index is 1030. The molecule has 30 heavy (non-hydrogen) atoms. The van der Waals surface area contributed by atoms with Gasteiger partial charge in [-0.05, 0) is 84.0 Å². The Morgan fingerprint density at radius 1 is 1.00 bits per heavy atom. The molecule has 3 nitrogen and oxygen atoms in total. The molecular formula is C26H27IN2O. The van der Waals surface area contributed by atoms with Crippen molar-refractivity contribution < 1.29 is 4.79 Å². The van der Waals surface area contributed by atoms with Crippen molar-refractivity contribution in [3.8, 4) is 0 Å². The SMILES string of the molecule is CCC1C(C)C(Nc2ccc(I)cc2)c2ccccc2N1C(=O)c1ccc(C)cc1. The highest BCUT2D eigenvalue weighted by atomic mass is 127. The maximum absolute atomic E-state index is 13.6. The van der Waals surface area contributed by atoms with Crippen molar-refractivity contribution in [3.05, 3.63) is 93.1 Å². The van der Waals surface area contributed by atoms with Gasteiger partial charge < -0.3 is 10.2 Å². The summed E-state index contributed by atoms with van der Waals surface area (Å²) in [6.07, 6.45) is 0.901. The summed E-state index contributed by atoms with van der Waals surface area (Å²) in [6, 6.07) is 25.0. The molecule has 0 fully saturated rings. The average Bonchev–Trinajstić information content (AvgIpc) is 2.76. The second-order valence-corrected chi connectivity index (χ2v) is 9.31. The van der Waals surface area contributed by atoms with Crippen molar-refractivity contribution in [1.82, 2.24) is 0 Å². The molecule has 0 aromatic heterocycles. The van der Waals surface area contributed by atoms with E-state index < -0.39 is 0 Å². The highest BCUT2D eigenvalue weighted by Crippen LogP contribution is 2.44. The van der Waals surface area contributed by atoms with Crippen LogP contribution in [0.25, 0.3) is 0 Å². The first kappa shape index (κ1) is 20.9. The zero-order chi connectivity index (χ0) is 21.3. The molecule has 3 aromatic carbocycles. The number of fused-ring (bicyclic) bond motifs is 1. The van der Waals surface area contributed by atoms with Gasteiger partial charge in [0.2, 0.25) is 0 Å². The molecule has 0 aliphatic carbocycles. The molecular weight excluding hydrogens is 483 g/mol. The molecule has 0 bridgehead atoms. The van der Waals surface area contributed by atoms with Crippen LogP contribution in [0.2, 0.25) is 0 Å². The summed E-state index contributed by atoms with van der Waals surface area (Å²) in [5.41, 5.74) is 5.19. The van der Waals surface area contributed by atoms with Crippen LogP contribution in [-0.2, 0) is 0 Å². The number of carbonyl (C=O) groups excluding carboxylic acids is 1. The number of aryl methyl sites for hydroxylation is 1. The molecule has 0 radical (unpaired) electrons. The Kier molecular flexibility index (Phi) is 6.14. The lowest BCUT2D eigenvalue weighted by molar-refractivity contribution is 0.0960. The normalized spacial score (nSPS) is 20.5. The average molecular weight is 510 g/mol. The molecule has 1 aliphatic heterocycles. The molecule has 1 amide bonds. The van der Waals surface area contributed by atoms with Crippen LogP contribution >= 0.6 is 22.6 Å². The summed E-state index contributed by atoms with van der Waals surface area (Å²) in [7, 11) is 0. The molecule has 3 unspecified atom stereocenters. The third kappa shape index (κ3) is 3.97. The fourth-order valence-electron chi connectivity index (χ4n) is 4.47. The lowest BCUT2D eigenvalue weighted by Crippen LogP contribution is -2.50. The van der Waals surface area contributed by atoms with Crippen molar-refractivity contribution in [2.75, 3.05) is 10.2 Å². The standard InChI is InChI=1S/C26H27IN2O/c1-4-23-18(3)25(28-21-15-13-20(27)14-16-21)22-7-5-6-8-24(22)29(23)26(30)19-11-9-17(2)10-12-19/h5-16,18,23,25,28H,4H2,1-3H3. The summed E-state index contributed by atoms with van der Waals surface area (Å²) in [5, 5.41) is 3.74. The second-order valence-electron chi connectivity index (χ2n) is 8.06. The number of rotatable bonds is 4. The van der Waals surface area contributed by atoms with Crippen LogP contribution in [0.5, 0.6) is 0 Å². The Balaban J connectivity index is 1.75. The van der Waals surface area contributed by atoms with Gasteiger partial charge in [-0.15, -0.1) is 0 Å². The molecule has 4 heteroatoms. The van der Waals surface area contributed by atoms with Crippen molar-refractivity contribution in [2.24, 2.45) is 5.92 Å². The van der Waals surface area contributed by atoms with Crippen LogP contribution in [-0.4, -0.2) is 11.9 Å². The predicted octanol–water partition coefficient (Wildman–Crippen LogP) is 6.83. The lowest BCUT2D eigenvalue weighted by atomic mass is 9.80. The van der Waals surface area contributed by atoms with E-state index in [1.165, 1.54) is 9.13 Å². The van der Waals surface area contributed by atoms with Gasteiger partial charge in [0, 0.05) is 32.5 Å². The zero-order valence-electron chi connectivity index (χ0n) is 17.6. The minimum Gasteiger partial charge on any atom is -0.378 e. The van der Waals surface area contributed by atoms with E-state index in [9.17, 15) is 4.79 Å². The van der Waals surface area contributed by atoms with E-state index >= 15 is 0 Å². The van der Waals surface area contributed by atoms with Gasteiger partial charge in [-0.25, -0.2) is 0 Å². The van der Waals surface area contributed by atoms with Crippen molar-refractivity contribution in [1.29, 1.82) is 0 Å². The third-order valence-electron chi connectivity index (χ3n) is 6.10. The van der Waals surface area contributed by atoms with Gasteiger partial charge >= 0.3 is 0 Å². The molecule has 0 saturated carbocycles. The van der Waals surface area contributed by atoms with E-state index in [2.05, 4.69) is 84.2 Å². The first-order chi connectivity index (χ1) is 14.5. The van der Waals surface area contributed by atoms with E-state index in [0.717, 1.165) is 28.9 Å². The van der Waals surface area contributed by atoms with Crippen LogP contribution in [0.15, 0.2) is 72.8 Å². The van der Waals surface area contributed by atoms with E-state index in [4.69, 9.17) is 0 Å². The van der Waals surface area contributed by atoms with Crippen LogP contribution in [0, 0.1) is 16.4 Å².